The van der Waals surface area contributed by atoms with Crippen molar-refractivity contribution in [1.29, 1.82) is 0 Å². The molecule has 0 aliphatic carbocycles. The second-order valence-corrected chi connectivity index (χ2v) is 8.30. The minimum absolute atomic E-state index is 0.244. The lowest BCUT2D eigenvalue weighted by Crippen LogP contribution is -2.42. The van der Waals surface area contributed by atoms with Crippen LogP contribution in [0.25, 0.3) is 0 Å². The number of anilines is 1. The van der Waals surface area contributed by atoms with E-state index in [1.54, 1.807) is 25.4 Å². The van der Waals surface area contributed by atoms with Crippen molar-refractivity contribution >= 4 is 32.4 Å². The number of sulfonamides is 1. The molecule has 1 aromatic heterocycles. The van der Waals surface area contributed by atoms with E-state index in [1.807, 2.05) is 19.9 Å². The third-order valence-corrected chi connectivity index (χ3v) is 6.46. The molecule has 6 nitrogen and oxygen atoms in total. The molecule has 1 amide bonds. The second kappa shape index (κ2) is 7.00. The summed E-state index contributed by atoms with van der Waals surface area (Å²) in [6.07, 6.45) is 1.57. The largest absolute Gasteiger partial charge is 0.301 e. The SMILES string of the molecule is Cc1cc(C)c(C)c(S(=O)(=O)N[C@@H](C)C(=O)Nc2nccs2)c1C. The molecule has 2 N–H and O–H groups in total. The van der Waals surface area contributed by atoms with Crippen molar-refractivity contribution in [1.82, 2.24) is 9.71 Å². The van der Waals surface area contributed by atoms with Gasteiger partial charge in [-0.2, -0.15) is 4.72 Å². The van der Waals surface area contributed by atoms with Crippen molar-refractivity contribution in [2.45, 2.75) is 45.6 Å². The first-order chi connectivity index (χ1) is 11.1. The van der Waals surface area contributed by atoms with Crippen molar-refractivity contribution in [3.63, 3.8) is 0 Å². The molecule has 0 radical (unpaired) electrons. The van der Waals surface area contributed by atoms with Crippen molar-refractivity contribution < 1.29 is 13.2 Å². The van der Waals surface area contributed by atoms with Crippen LogP contribution >= 0.6 is 11.3 Å². The average molecular weight is 367 g/mol. The quantitative estimate of drug-likeness (QED) is 0.850. The van der Waals surface area contributed by atoms with E-state index in [0.29, 0.717) is 16.3 Å². The van der Waals surface area contributed by atoms with Gasteiger partial charge in [-0.1, -0.05) is 6.07 Å². The molecule has 0 saturated heterocycles. The highest BCUT2D eigenvalue weighted by Gasteiger charge is 2.26. The Hall–Kier alpha value is -1.77. The Morgan fingerprint density at radius 2 is 1.75 bits per heavy atom. The fourth-order valence-corrected chi connectivity index (χ4v) is 4.78. The first-order valence-corrected chi connectivity index (χ1v) is 9.80. The number of nitrogens with zero attached hydrogens (tertiary/aromatic N) is 1. The Morgan fingerprint density at radius 3 is 2.25 bits per heavy atom. The van der Waals surface area contributed by atoms with Crippen molar-refractivity contribution in [3.05, 3.63) is 39.9 Å². The summed E-state index contributed by atoms with van der Waals surface area (Å²) in [6.45, 7) is 8.81. The molecule has 8 heteroatoms. The fourth-order valence-electron chi connectivity index (χ4n) is 2.43. The van der Waals surface area contributed by atoms with E-state index in [1.165, 1.54) is 18.3 Å². The van der Waals surface area contributed by atoms with Crippen LogP contribution in [0.4, 0.5) is 5.13 Å². The maximum Gasteiger partial charge on any atom is 0.244 e. The van der Waals surface area contributed by atoms with Gasteiger partial charge >= 0.3 is 0 Å². The van der Waals surface area contributed by atoms with Crippen LogP contribution in [-0.2, 0) is 14.8 Å². The van der Waals surface area contributed by atoms with Crippen LogP contribution in [0.5, 0.6) is 0 Å². The van der Waals surface area contributed by atoms with E-state index in [-0.39, 0.29) is 4.90 Å². The number of aryl methyl sites for hydroxylation is 2. The average Bonchev–Trinajstić information content (AvgIpc) is 2.97. The van der Waals surface area contributed by atoms with Crippen LogP contribution in [-0.4, -0.2) is 25.4 Å². The molecule has 0 unspecified atom stereocenters. The highest BCUT2D eigenvalue weighted by molar-refractivity contribution is 7.89. The lowest BCUT2D eigenvalue weighted by Gasteiger charge is -2.18. The third-order valence-electron chi connectivity index (χ3n) is 3.95. The minimum Gasteiger partial charge on any atom is -0.301 e. The molecule has 0 saturated carbocycles. The van der Waals surface area contributed by atoms with Crippen molar-refractivity contribution in [2.24, 2.45) is 0 Å². The van der Waals surface area contributed by atoms with Crippen LogP contribution in [0.3, 0.4) is 0 Å². The number of hydrogen-bond acceptors (Lipinski definition) is 5. The number of aromatic nitrogens is 1. The van der Waals surface area contributed by atoms with Gasteiger partial charge in [-0.15, -0.1) is 11.3 Å². The summed E-state index contributed by atoms with van der Waals surface area (Å²) in [5.41, 5.74) is 3.19. The van der Waals surface area contributed by atoms with Crippen LogP contribution in [0.15, 0.2) is 22.5 Å². The van der Waals surface area contributed by atoms with Gasteiger partial charge in [-0.05, 0) is 56.9 Å². The van der Waals surface area contributed by atoms with Crippen LogP contribution in [0.1, 0.15) is 29.2 Å². The molecule has 1 aromatic carbocycles. The standard InChI is InChI=1S/C16H21N3O3S2/c1-9-8-10(2)12(4)14(11(9)3)24(21,22)19-13(5)15(20)18-16-17-6-7-23-16/h6-8,13,19H,1-5H3,(H,17,18,20)/t13-/m0/s1. The van der Waals surface area contributed by atoms with Gasteiger partial charge in [0.2, 0.25) is 15.9 Å². The second-order valence-electron chi connectivity index (χ2n) is 5.76. The van der Waals surface area contributed by atoms with Gasteiger partial charge in [0.25, 0.3) is 0 Å². The Balaban J connectivity index is 2.27. The summed E-state index contributed by atoms with van der Waals surface area (Å²) in [7, 11) is -3.82. The Bertz CT molecular complexity index is 833. The maximum atomic E-state index is 12.8. The third kappa shape index (κ3) is 3.82. The van der Waals surface area contributed by atoms with E-state index < -0.39 is 22.0 Å². The lowest BCUT2D eigenvalue weighted by molar-refractivity contribution is -0.117. The highest BCUT2D eigenvalue weighted by atomic mass is 32.2. The molecule has 0 bridgehead atoms. The summed E-state index contributed by atoms with van der Waals surface area (Å²) in [5.74, 6) is -0.451. The van der Waals surface area contributed by atoms with Gasteiger partial charge in [0.1, 0.15) is 0 Å². The molecule has 0 aliphatic rings. The van der Waals surface area contributed by atoms with Crippen molar-refractivity contribution in [3.8, 4) is 0 Å². The molecule has 130 valence electrons. The number of carbonyl (C=O) groups excluding carboxylic acids is 1. The molecule has 2 rings (SSSR count). The first kappa shape index (κ1) is 18.6. The van der Waals surface area contributed by atoms with E-state index in [9.17, 15) is 13.2 Å². The molecule has 1 heterocycles. The Kier molecular flexibility index (Phi) is 5.42. The van der Waals surface area contributed by atoms with E-state index in [4.69, 9.17) is 0 Å². The van der Waals surface area contributed by atoms with Gasteiger partial charge in [0, 0.05) is 11.6 Å². The number of rotatable bonds is 5. The summed E-state index contributed by atoms with van der Waals surface area (Å²) < 4.78 is 28.0. The van der Waals surface area contributed by atoms with E-state index >= 15 is 0 Å². The Morgan fingerprint density at radius 1 is 1.17 bits per heavy atom. The molecular weight excluding hydrogens is 346 g/mol. The summed E-state index contributed by atoms with van der Waals surface area (Å²) in [4.78, 5) is 16.4. The smallest absolute Gasteiger partial charge is 0.244 e. The molecule has 0 spiro atoms. The number of hydrogen-bond donors (Lipinski definition) is 2. The molecule has 2 aromatic rings. The zero-order valence-electron chi connectivity index (χ0n) is 14.3. The van der Waals surface area contributed by atoms with Gasteiger partial charge < -0.3 is 5.32 Å². The first-order valence-electron chi connectivity index (χ1n) is 7.43. The van der Waals surface area contributed by atoms with E-state index in [2.05, 4.69) is 15.0 Å². The number of benzene rings is 1. The zero-order chi connectivity index (χ0) is 18.1. The molecule has 1 atom stereocenters. The number of thiazole rings is 1. The van der Waals surface area contributed by atoms with Gasteiger partial charge in [0.15, 0.2) is 5.13 Å². The maximum absolute atomic E-state index is 12.8. The van der Waals surface area contributed by atoms with Crippen molar-refractivity contribution in [2.75, 3.05) is 5.32 Å². The monoisotopic (exact) mass is 367 g/mol. The molecule has 0 aliphatic heterocycles. The van der Waals surface area contributed by atoms with Crippen LogP contribution in [0.2, 0.25) is 0 Å². The topological polar surface area (TPSA) is 88.2 Å². The summed E-state index contributed by atoms with van der Waals surface area (Å²) in [5, 5.41) is 4.75. The van der Waals surface area contributed by atoms with Gasteiger partial charge in [0.05, 0.1) is 10.9 Å². The normalized spacial score (nSPS) is 12.9. The van der Waals surface area contributed by atoms with Gasteiger partial charge in [-0.25, -0.2) is 13.4 Å². The highest BCUT2D eigenvalue weighted by Crippen LogP contribution is 2.26. The number of carbonyl (C=O) groups is 1. The van der Waals surface area contributed by atoms with Gasteiger partial charge in [-0.3, -0.25) is 4.79 Å². The molecule has 0 fully saturated rings. The zero-order valence-corrected chi connectivity index (χ0v) is 15.9. The summed E-state index contributed by atoms with van der Waals surface area (Å²) >= 11 is 1.27. The van der Waals surface area contributed by atoms with Crippen LogP contribution in [0, 0.1) is 27.7 Å². The summed E-state index contributed by atoms with van der Waals surface area (Å²) in [6, 6.07) is 1.04. The molecular formula is C16H21N3O3S2. The Labute approximate surface area is 146 Å². The van der Waals surface area contributed by atoms with Crippen LogP contribution < -0.4 is 10.0 Å². The number of nitrogens with one attached hydrogen (secondary N) is 2. The fraction of sp³-hybridized carbons (Fsp3) is 0.375. The lowest BCUT2D eigenvalue weighted by atomic mass is 10.0. The molecule has 24 heavy (non-hydrogen) atoms. The predicted octanol–water partition coefficient (Wildman–Crippen LogP) is 2.68. The predicted molar refractivity (Wildman–Crippen MR) is 95.9 cm³/mol. The minimum atomic E-state index is -3.82. The number of amides is 1. The van der Waals surface area contributed by atoms with E-state index in [0.717, 1.165) is 11.1 Å².